The maximum Gasteiger partial charge on any atom is 0.309 e. The second kappa shape index (κ2) is 6.22. The van der Waals surface area contributed by atoms with Crippen LogP contribution in [0.4, 0.5) is 0 Å². The second-order valence-corrected chi connectivity index (χ2v) is 5.47. The third-order valence-electron chi connectivity index (χ3n) is 4.41. The molecular formula is C15H21N3O3. The molecule has 1 aliphatic rings. The van der Waals surface area contributed by atoms with Gasteiger partial charge in [-0.2, -0.15) is 0 Å². The molecule has 1 fully saturated rings. The van der Waals surface area contributed by atoms with Crippen LogP contribution in [0.25, 0.3) is 0 Å². The zero-order valence-electron chi connectivity index (χ0n) is 12.2. The number of aromatic nitrogens is 1. The summed E-state index contributed by atoms with van der Waals surface area (Å²) < 4.78 is 0. The van der Waals surface area contributed by atoms with Crippen LogP contribution in [0.15, 0.2) is 18.3 Å². The van der Waals surface area contributed by atoms with Crippen molar-refractivity contribution < 1.29 is 14.7 Å². The zero-order valence-corrected chi connectivity index (χ0v) is 12.2. The number of aliphatic carboxylic acids is 1. The Bertz CT molecular complexity index is 537. The molecule has 6 heteroatoms. The lowest BCUT2D eigenvalue weighted by Crippen LogP contribution is -2.46. The van der Waals surface area contributed by atoms with E-state index in [9.17, 15) is 14.7 Å². The van der Waals surface area contributed by atoms with Crippen LogP contribution in [0, 0.1) is 5.41 Å². The molecule has 0 spiro atoms. The average molecular weight is 291 g/mol. The van der Waals surface area contributed by atoms with Crippen LogP contribution < -0.4 is 5.73 Å². The minimum atomic E-state index is -0.758. The van der Waals surface area contributed by atoms with Gasteiger partial charge in [0, 0.05) is 31.4 Å². The first-order valence-corrected chi connectivity index (χ1v) is 7.20. The topological polar surface area (TPSA) is 96.5 Å². The summed E-state index contributed by atoms with van der Waals surface area (Å²) in [5.41, 5.74) is 6.08. The predicted octanol–water partition coefficient (Wildman–Crippen LogP) is 1.26. The minimum Gasteiger partial charge on any atom is -0.481 e. The summed E-state index contributed by atoms with van der Waals surface area (Å²) in [6, 6.07) is 3.36. The van der Waals surface area contributed by atoms with Crippen LogP contribution in [0.1, 0.15) is 42.2 Å². The third-order valence-corrected chi connectivity index (χ3v) is 4.41. The van der Waals surface area contributed by atoms with Crippen molar-refractivity contribution in [2.24, 2.45) is 11.1 Å². The SMILES string of the molecule is CCC1(C(=O)O)CCN(C(=O)c2ccnc(CN)c2)CC1. The third kappa shape index (κ3) is 3.05. The molecule has 0 saturated carbocycles. The van der Waals surface area contributed by atoms with Gasteiger partial charge in [0.15, 0.2) is 0 Å². The molecule has 1 amide bonds. The Kier molecular flexibility index (Phi) is 4.57. The molecule has 1 saturated heterocycles. The Balaban J connectivity index is 2.08. The molecule has 3 N–H and O–H groups in total. The zero-order chi connectivity index (χ0) is 15.5. The van der Waals surface area contributed by atoms with Gasteiger partial charge in [0.1, 0.15) is 0 Å². The van der Waals surface area contributed by atoms with E-state index >= 15 is 0 Å². The highest BCUT2D eigenvalue weighted by Crippen LogP contribution is 2.35. The van der Waals surface area contributed by atoms with Crippen LogP contribution in [0.3, 0.4) is 0 Å². The normalized spacial score (nSPS) is 17.5. The van der Waals surface area contributed by atoms with E-state index in [4.69, 9.17) is 5.73 Å². The fraction of sp³-hybridized carbons (Fsp3) is 0.533. The van der Waals surface area contributed by atoms with Crippen LogP contribution in [-0.4, -0.2) is 40.0 Å². The van der Waals surface area contributed by atoms with E-state index in [2.05, 4.69) is 4.98 Å². The lowest BCUT2D eigenvalue weighted by molar-refractivity contribution is -0.152. The molecule has 114 valence electrons. The highest BCUT2D eigenvalue weighted by Gasteiger charge is 2.40. The van der Waals surface area contributed by atoms with Gasteiger partial charge in [-0.25, -0.2) is 0 Å². The van der Waals surface area contributed by atoms with E-state index in [-0.39, 0.29) is 5.91 Å². The second-order valence-electron chi connectivity index (χ2n) is 5.47. The first kappa shape index (κ1) is 15.4. The first-order valence-electron chi connectivity index (χ1n) is 7.20. The lowest BCUT2D eigenvalue weighted by atomic mass is 9.76. The first-order chi connectivity index (χ1) is 10.0. The van der Waals surface area contributed by atoms with Crippen molar-refractivity contribution in [3.05, 3.63) is 29.6 Å². The van der Waals surface area contributed by atoms with Gasteiger partial charge in [-0.15, -0.1) is 0 Å². The Hall–Kier alpha value is -1.95. The quantitative estimate of drug-likeness (QED) is 0.870. The van der Waals surface area contributed by atoms with Gasteiger partial charge in [-0.3, -0.25) is 14.6 Å². The molecule has 1 aromatic heterocycles. The van der Waals surface area contributed by atoms with Gasteiger partial charge in [-0.1, -0.05) is 6.92 Å². The number of nitrogens with two attached hydrogens (primary N) is 1. The molecular weight excluding hydrogens is 270 g/mol. The fourth-order valence-electron chi connectivity index (χ4n) is 2.76. The standard InChI is InChI=1S/C15H21N3O3/c1-2-15(14(20)21)4-7-18(8-5-15)13(19)11-3-6-17-12(9-11)10-16/h3,6,9H,2,4-5,7-8,10,16H2,1H3,(H,20,21). The molecule has 0 unspecified atom stereocenters. The van der Waals surface area contributed by atoms with E-state index in [1.54, 1.807) is 23.2 Å². The van der Waals surface area contributed by atoms with Gasteiger partial charge in [0.05, 0.1) is 11.1 Å². The van der Waals surface area contributed by atoms with Gasteiger partial charge in [0.2, 0.25) is 0 Å². The van der Waals surface area contributed by atoms with Gasteiger partial charge < -0.3 is 15.7 Å². The molecule has 0 atom stereocenters. The molecule has 21 heavy (non-hydrogen) atoms. The molecule has 0 aromatic carbocycles. The van der Waals surface area contributed by atoms with Crippen LogP contribution >= 0.6 is 0 Å². The van der Waals surface area contributed by atoms with Gasteiger partial charge >= 0.3 is 5.97 Å². The molecule has 0 radical (unpaired) electrons. The summed E-state index contributed by atoms with van der Waals surface area (Å²) in [6.45, 7) is 3.12. The molecule has 1 aliphatic heterocycles. The summed E-state index contributed by atoms with van der Waals surface area (Å²) in [6.07, 6.45) is 3.17. The summed E-state index contributed by atoms with van der Waals surface area (Å²) in [7, 11) is 0. The molecule has 6 nitrogen and oxygen atoms in total. The Morgan fingerprint density at radius 3 is 2.62 bits per heavy atom. The number of rotatable bonds is 4. The molecule has 1 aromatic rings. The number of hydrogen-bond donors (Lipinski definition) is 2. The maximum absolute atomic E-state index is 12.4. The minimum absolute atomic E-state index is 0.0813. The highest BCUT2D eigenvalue weighted by molar-refractivity contribution is 5.94. The van der Waals surface area contributed by atoms with Crippen molar-refractivity contribution in [1.82, 2.24) is 9.88 Å². The van der Waals surface area contributed by atoms with Crippen LogP contribution in [0.5, 0.6) is 0 Å². The molecule has 2 heterocycles. The van der Waals surface area contributed by atoms with Crippen LogP contribution in [0.2, 0.25) is 0 Å². The summed E-state index contributed by atoms with van der Waals surface area (Å²) in [5, 5.41) is 9.37. The Labute approximate surface area is 124 Å². The molecule has 0 aliphatic carbocycles. The van der Waals surface area contributed by atoms with Crippen molar-refractivity contribution in [1.29, 1.82) is 0 Å². The van der Waals surface area contributed by atoms with E-state index in [1.165, 1.54) is 0 Å². The van der Waals surface area contributed by atoms with Crippen molar-refractivity contribution in [2.45, 2.75) is 32.7 Å². The Morgan fingerprint density at radius 1 is 1.43 bits per heavy atom. The number of carboxylic acids is 1. The van der Waals surface area contributed by atoms with E-state index in [0.29, 0.717) is 50.2 Å². The van der Waals surface area contributed by atoms with Gasteiger partial charge in [0.25, 0.3) is 5.91 Å². The van der Waals surface area contributed by atoms with Crippen LogP contribution in [-0.2, 0) is 11.3 Å². The lowest BCUT2D eigenvalue weighted by Gasteiger charge is -2.38. The Morgan fingerprint density at radius 2 is 2.10 bits per heavy atom. The molecule has 0 bridgehead atoms. The number of carbonyl (C=O) groups is 2. The summed E-state index contributed by atoms with van der Waals surface area (Å²) >= 11 is 0. The largest absolute Gasteiger partial charge is 0.481 e. The number of hydrogen-bond acceptors (Lipinski definition) is 4. The number of nitrogens with zero attached hydrogens (tertiary/aromatic N) is 2. The number of carboxylic acid groups (broad SMARTS) is 1. The number of pyridine rings is 1. The smallest absolute Gasteiger partial charge is 0.309 e. The average Bonchev–Trinajstić information content (AvgIpc) is 2.54. The highest BCUT2D eigenvalue weighted by atomic mass is 16.4. The van der Waals surface area contributed by atoms with E-state index in [1.807, 2.05) is 6.92 Å². The van der Waals surface area contributed by atoms with Gasteiger partial charge in [-0.05, 0) is 31.4 Å². The van der Waals surface area contributed by atoms with Crippen molar-refractivity contribution in [2.75, 3.05) is 13.1 Å². The molecule has 2 rings (SSSR count). The van der Waals surface area contributed by atoms with Crippen molar-refractivity contribution in [3.8, 4) is 0 Å². The van der Waals surface area contributed by atoms with E-state index in [0.717, 1.165) is 0 Å². The number of likely N-dealkylation sites (tertiary alicyclic amines) is 1. The predicted molar refractivity (Wildman–Crippen MR) is 77.6 cm³/mol. The fourth-order valence-corrected chi connectivity index (χ4v) is 2.76. The summed E-state index contributed by atoms with van der Waals surface area (Å²) in [5.74, 6) is -0.839. The summed E-state index contributed by atoms with van der Waals surface area (Å²) in [4.78, 5) is 29.6. The number of carbonyl (C=O) groups excluding carboxylic acids is 1. The maximum atomic E-state index is 12.4. The number of piperidine rings is 1. The monoisotopic (exact) mass is 291 g/mol. The number of amides is 1. The van der Waals surface area contributed by atoms with Crippen molar-refractivity contribution >= 4 is 11.9 Å². The van der Waals surface area contributed by atoms with E-state index < -0.39 is 11.4 Å². The van der Waals surface area contributed by atoms with Crippen molar-refractivity contribution in [3.63, 3.8) is 0 Å².